The monoisotopic (exact) mass is 568 g/mol. The van der Waals surface area contributed by atoms with Crippen LogP contribution in [-0.4, -0.2) is 38.9 Å². The molecule has 214 valence electrons. The Bertz CT molecular complexity index is 1410. The highest BCUT2D eigenvalue weighted by molar-refractivity contribution is 6.04. The van der Waals surface area contributed by atoms with Crippen molar-refractivity contribution in [2.24, 2.45) is 5.92 Å². The van der Waals surface area contributed by atoms with Crippen molar-refractivity contribution in [3.8, 4) is 0 Å². The van der Waals surface area contributed by atoms with Gasteiger partial charge in [-0.15, -0.1) is 0 Å². The van der Waals surface area contributed by atoms with Crippen LogP contribution in [0.2, 0.25) is 0 Å². The second-order valence-corrected chi connectivity index (χ2v) is 9.61. The molecule has 2 heterocycles. The molecule has 1 amide bonds. The van der Waals surface area contributed by atoms with Crippen molar-refractivity contribution in [3.05, 3.63) is 53.5 Å². The van der Waals surface area contributed by atoms with E-state index in [9.17, 15) is 36.3 Å². The lowest BCUT2D eigenvalue weighted by atomic mass is 9.86. The van der Waals surface area contributed by atoms with Gasteiger partial charge in [0.05, 0.1) is 29.3 Å². The Kier molecular flexibility index (Phi) is 8.35. The predicted molar refractivity (Wildman–Crippen MR) is 131 cm³/mol. The second kappa shape index (κ2) is 11.6. The maximum Gasteiger partial charge on any atom is 0.516 e. The van der Waals surface area contributed by atoms with Crippen LogP contribution in [0.3, 0.4) is 0 Å². The number of alkyl halides is 5. The van der Waals surface area contributed by atoms with Crippen molar-refractivity contribution in [3.63, 3.8) is 0 Å². The first-order valence-corrected chi connectivity index (χ1v) is 12.4. The van der Waals surface area contributed by atoms with E-state index in [0.717, 1.165) is 18.2 Å². The van der Waals surface area contributed by atoms with E-state index < -0.39 is 59.6 Å². The fourth-order valence-corrected chi connectivity index (χ4v) is 4.45. The van der Waals surface area contributed by atoms with Crippen LogP contribution in [0.1, 0.15) is 73.7 Å². The van der Waals surface area contributed by atoms with Crippen LogP contribution in [0.5, 0.6) is 0 Å². The summed E-state index contributed by atoms with van der Waals surface area (Å²) in [5.41, 5.74) is -2.49. The smallest absolute Gasteiger partial charge is 0.431 e. The highest BCUT2D eigenvalue weighted by atomic mass is 19.4. The van der Waals surface area contributed by atoms with Crippen molar-refractivity contribution in [1.82, 2.24) is 14.8 Å². The number of halogens is 5. The van der Waals surface area contributed by atoms with E-state index >= 15 is 0 Å². The van der Waals surface area contributed by atoms with Crippen molar-refractivity contribution < 1.29 is 45.8 Å². The van der Waals surface area contributed by atoms with Crippen LogP contribution in [0, 0.1) is 5.92 Å². The minimum absolute atomic E-state index is 0.165. The number of carbonyl (C=O) groups excluding carboxylic acids is 3. The summed E-state index contributed by atoms with van der Waals surface area (Å²) in [7, 11) is 0. The lowest BCUT2D eigenvalue weighted by Crippen LogP contribution is -2.28. The van der Waals surface area contributed by atoms with Crippen LogP contribution in [0.15, 0.2) is 36.5 Å². The van der Waals surface area contributed by atoms with Gasteiger partial charge < -0.3 is 14.8 Å². The Morgan fingerprint density at radius 2 is 1.77 bits per heavy atom. The molecule has 3 aromatic rings. The number of rotatable bonds is 6. The molecule has 4 rings (SSSR count). The number of anilines is 1. The summed E-state index contributed by atoms with van der Waals surface area (Å²) in [6.45, 7) is 3.25. The van der Waals surface area contributed by atoms with Gasteiger partial charge in [-0.3, -0.25) is 14.3 Å². The van der Waals surface area contributed by atoms with Gasteiger partial charge in [-0.1, -0.05) is 6.07 Å². The number of esters is 1. The zero-order chi connectivity index (χ0) is 29.2. The zero-order valence-corrected chi connectivity index (χ0v) is 21.4. The minimum Gasteiger partial charge on any atom is -0.431 e. The predicted octanol–water partition coefficient (Wildman–Crippen LogP) is 6.46. The Balaban J connectivity index is 1.48. The van der Waals surface area contributed by atoms with Gasteiger partial charge >= 0.3 is 18.3 Å². The Hall–Kier alpha value is -4.10. The Morgan fingerprint density at radius 1 is 1.07 bits per heavy atom. The standard InChI is InChI=1S/C26H25F5N4O5/c1-13(2)39-25(38)40-24(37)14-6-8-16(9-7-14)35-12-15-10-20(17(22(27)28)11-19(15)34-35)33-23(36)18-4-3-5-21(32-18)26(29,30)31/h3-5,10-14,16,22H,6-9H2,1-2H3,(H,33,36). The average Bonchev–Trinajstić information content (AvgIpc) is 3.30. The number of hydrogen-bond donors (Lipinski definition) is 1. The Morgan fingerprint density at radius 3 is 2.40 bits per heavy atom. The van der Waals surface area contributed by atoms with E-state index in [4.69, 9.17) is 9.47 Å². The third-order valence-corrected chi connectivity index (χ3v) is 6.37. The fourth-order valence-electron chi connectivity index (χ4n) is 4.45. The van der Waals surface area contributed by atoms with E-state index in [1.165, 1.54) is 6.07 Å². The number of nitrogens with zero attached hydrogens (tertiary/aromatic N) is 3. The molecule has 0 saturated heterocycles. The van der Waals surface area contributed by atoms with E-state index in [-0.39, 0.29) is 17.2 Å². The SMILES string of the molecule is CC(C)OC(=O)OC(=O)C1CCC(n2cc3cc(NC(=O)c4cccc(C(F)(F)F)n4)c(C(F)F)cc3n2)CC1. The summed E-state index contributed by atoms with van der Waals surface area (Å²) in [6.07, 6.45) is -5.86. The first-order chi connectivity index (χ1) is 18.8. The summed E-state index contributed by atoms with van der Waals surface area (Å²) in [5.74, 6) is -2.26. The Labute approximate surface area is 224 Å². The van der Waals surface area contributed by atoms with Gasteiger partial charge in [0.2, 0.25) is 0 Å². The van der Waals surface area contributed by atoms with Crippen LogP contribution in [0.25, 0.3) is 10.9 Å². The van der Waals surface area contributed by atoms with Crippen LogP contribution < -0.4 is 5.32 Å². The number of pyridine rings is 1. The average molecular weight is 568 g/mol. The molecule has 1 fully saturated rings. The molecule has 0 aliphatic heterocycles. The second-order valence-electron chi connectivity index (χ2n) is 9.61. The molecular weight excluding hydrogens is 543 g/mol. The molecule has 1 aromatic carbocycles. The lowest BCUT2D eigenvalue weighted by Gasteiger charge is -2.27. The first kappa shape index (κ1) is 28.9. The number of hydrogen-bond acceptors (Lipinski definition) is 7. The molecule has 0 unspecified atom stereocenters. The van der Waals surface area contributed by atoms with E-state index in [2.05, 4.69) is 15.4 Å². The van der Waals surface area contributed by atoms with Gasteiger partial charge in [0.15, 0.2) is 0 Å². The summed E-state index contributed by atoms with van der Waals surface area (Å²) in [5, 5.41) is 7.04. The molecule has 1 aliphatic rings. The topological polar surface area (TPSA) is 112 Å². The van der Waals surface area contributed by atoms with Gasteiger partial charge in [-0.2, -0.15) is 18.3 Å². The molecule has 0 radical (unpaired) electrons. The molecule has 2 aromatic heterocycles. The molecular formula is C26H25F5N4O5. The summed E-state index contributed by atoms with van der Waals surface area (Å²) >= 11 is 0. The molecule has 9 nitrogen and oxygen atoms in total. The zero-order valence-electron chi connectivity index (χ0n) is 21.4. The van der Waals surface area contributed by atoms with E-state index in [1.54, 1.807) is 24.7 Å². The van der Waals surface area contributed by atoms with Gasteiger partial charge in [0, 0.05) is 17.1 Å². The largest absolute Gasteiger partial charge is 0.516 e. The van der Waals surface area contributed by atoms with Gasteiger partial charge in [0.1, 0.15) is 11.4 Å². The molecule has 40 heavy (non-hydrogen) atoms. The molecule has 0 bridgehead atoms. The number of ether oxygens (including phenoxy) is 2. The van der Waals surface area contributed by atoms with Crippen LogP contribution in [-0.2, 0) is 20.4 Å². The normalized spacial score (nSPS) is 17.7. The van der Waals surface area contributed by atoms with Crippen molar-refractivity contribution in [2.75, 3.05) is 5.32 Å². The van der Waals surface area contributed by atoms with E-state index in [1.807, 2.05) is 0 Å². The number of benzene rings is 1. The van der Waals surface area contributed by atoms with E-state index in [0.29, 0.717) is 37.1 Å². The fraction of sp³-hybridized carbons (Fsp3) is 0.423. The first-order valence-electron chi connectivity index (χ1n) is 12.4. The van der Waals surface area contributed by atoms with Gasteiger partial charge in [-0.05, 0) is 63.8 Å². The minimum atomic E-state index is -4.78. The third kappa shape index (κ3) is 6.72. The molecule has 1 saturated carbocycles. The number of fused-ring (bicyclic) bond motifs is 1. The maximum atomic E-state index is 13.8. The summed E-state index contributed by atoms with van der Waals surface area (Å²) < 4.78 is 77.7. The highest BCUT2D eigenvalue weighted by Crippen LogP contribution is 2.36. The van der Waals surface area contributed by atoms with Gasteiger partial charge in [0.25, 0.3) is 12.3 Å². The van der Waals surface area contributed by atoms with Crippen molar-refractivity contribution >= 4 is 34.6 Å². The molecule has 1 N–H and O–H groups in total. The highest BCUT2D eigenvalue weighted by Gasteiger charge is 2.33. The number of amides is 1. The van der Waals surface area contributed by atoms with Crippen molar-refractivity contribution in [2.45, 2.75) is 64.3 Å². The van der Waals surface area contributed by atoms with Gasteiger partial charge in [-0.25, -0.2) is 18.6 Å². The third-order valence-electron chi connectivity index (χ3n) is 6.37. The maximum absolute atomic E-state index is 13.8. The van der Waals surface area contributed by atoms with Crippen LogP contribution in [0.4, 0.5) is 32.4 Å². The number of nitrogens with one attached hydrogen (secondary N) is 1. The lowest BCUT2D eigenvalue weighted by molar-refractivity contribution is -0.146. The molecule has 0 atom stereocenters. The number of aromatic nitrogens is 3. The molecule has 14 heteroatoms. The van der Waals surface area contributed by atoms with Crippen LogP contribution >= 0.6 is 0 Å². The number of carbonyl (C=O) groups is 3. The quantitative estimate of drug-likeness (QED) is 0.206. The summed E-state index contributed by atoms with van der Waals surface area (Å²) in [6, 6.07) is 4.95. The summed E-state index contributed by atoms with van der Waals surface area (Å²) in [4.78, 5) is 39.7. The molecule has 1 aliphatic carbocycles. The van der Waals surface area contributed by atoms with Crippen molar-refractivity contribution in [1.29, 1.82) is 0 Å². The molecule has 0 spiro atoms.